The molecule has 2 aromatic heterocycles. The first kappa shape index (κ1) is 17.1. The van der Waals surface area contributed by atoms with Crippen molar-refractivity contribution < 1.29 is 4.39 Å². The molecule has 0 saturated carbocycles. The molecule has 6 nitrogen and oxygen atoms in total. The molecule has 0 atom stereocenters. The molecule has 2 fully saturated rings. The molecule has 0 aromatic carbocycles. The molecule has 0 bridgehead atoms. The number of halogens is 1. The summed E-state index contributed by atoms with van der Waals surface area (Å²) in [5.74, 6) is 2.66. The summed E-state index contributed by atoms with van der Waals surface area (Å²) in [4.78, 5) is 20.0. The molecule has 7 heteroatoms. The van der Waals surface area contributed by atoms with Crippen LogP contribution >= 0.6 is 0 Å². The summed E-state index contributed by atoms with van der Waals surface area (Å²) < 4.78 is 13.8. The Hall–Kier alpha value is -2.28. The fraction of sp³-hybridized carbons (Fsp3) is 0.526. The molecule has 4 rings (SSSR count). The minimum absolute atomic E-state index is 0.225. The predicted octanol–water partition coefficient (Wildman–Crippen LogP) is 2.24. The summed E-state index contributed by atoms with van der Waals surface area (Å²) in [7, 11) is 0. The van der Waals surface area contributed by atoms with Gasteiger partial charge in [-0.3, -0.25) is 9.88 Å². The summed E-state index contributed by atoms with van der Waals surface area (Å²) >= 11 is 0. The first-order valence-electron chi connectivity index (χ1n) is 9.35. The average Bonchev–Trinajstić information content (AvgIpc) is 3.19. The third-order valence-electron chi connectivity index (χ3n) is 5.19. The van der Waals surface area contributed by atoms with Gasteiger partial charge in [-0.1, -0.05) is 0 Å². The lowest BCUT2D eigenvalue weighted by molar-refractivity contribution is 0.246. The van der Waals surface area contributed by atoms with E-state index in [0.717, 1.165) is 56.7 Å². The van der Waals surface area contributed by atoms with E-state index in [1.54, 1.807) is 12.3 Å². The number of pyridine rings is 1. The Kier molecular flexibility index (Phi) is 4.97. The van der Waals surface area contributed by atoms with Gasteiger partial charge in [-0.15, -0.1) is 0 Å². The molecular formula is C19H25FN6. The summed E-state index contributed by atoms with van der Waals surface area (Å²) in [6.07, 6.45) is 5.42. The average molecular weight is 356 g/mol. The summed E-state index contributed by atoms with van der Waals surface area (Å²) in [6, 6.07) is 3.88. The van der Waals surface area contributed by atoms with E-state index in [0.29, 0.717) is 12.1 Å². The van der Waals surface area contributed by atoms with Crippen LogP contribution in [0.25, 0.3) is 0 Å². The molecule has 0 N–H and O–H groups in total. The highest BCUT2D eigenvalue weighted by molar-refractivity contribution is 5.51. The Bertz CT molecular complexity index is 753. The van der Waals surface area contributed by atoms with Crippen molar-refractivity contribution in [2.75, 3.05) is 49.1 Å². The van der Waals surface area contributed by atoms with Crippen molar-refractivity contribution in [3.8, 4) is 0 Å². The van der Waals surface area contributed by atoms with Gasteiger partial charge in [-0.2, -0.15) is 0 Å². The second-order valence-electron chi connectivity index (χ2n) is 7.06. The van der Waals surface area contributed by atoms with Crippen molar-refractivity contribution in [1.29, 1.82) is 0 Å². The van der Waals surface area contributed by atoms with Crippen LogP contribution in [-0.4, -0.2) is 59.1 Å². The normalized spacial score (nSPS) is 18.5. The maximum atomic E-state index is 13.8. The van der Waals surface area contributed by atoms with E-state index >= 15 is 0 Å². The summed E-state index contributed by atoms with van der Waals surface area (Å²) in [5, 5.41) is 0. The number of piperazine rings is 1. The van der Waals surface area contributed by atoms with Gasteiger partial charge in [0.1, 0.15) is 23.3 Å². The predicted molar refractivity (Wildman–Crippen MR) is 99.9 cm³/mol. The molecule has 138 valence electrons. The monoisotopic (exact) mass is 356 g/mol. The van der Waals surface area contributed by atoms with E-state index in [1.165, 1.54) is 19.0 Å². The Morgan fingerprint density at radius 1 is 0.962 bits per heavy atom. The lowest BCUT2D eigenvalue weighted by atomic mass is 10.2. The number of hydrogen-bond acceptors (Lipinski definition) is 6. The smallest absolute Gasteiger partial charge is 0.145 e. The zero-order valence-corrected chi connectivity index (χ0v) is 15.2. The van der Waals surface area contributed by atoms with Crippen LogP contribution in [-0.2, 0) is 6.54 Å². The molecule has 0 unspecified atom stereocenters. The largest absolute Gasteiger partial charge is 0.356 e. The molecule has 0 spiro atoms. The van der Waals surface area contributed by atoms with E-state index < -0.39 is 0 Å². The van der Waals surface area contributed by atoms with Gasteiger partial charge in [0.25, 0.3) is 0 Å². The van der Waals surface area contributed by atoms with E-state index in [2.05, 4.69) is 35.7 Å². The minimum atomic E-state index is -0.225. The molecule has 2 saturated heterocycles. The van der Waals surface area contributed by atoms with Gasteiger partial charge in [0.15, 0.2) is 0 Å². The van der Waals surface area contributed by atoms with E-state index in [4.69, 9.17) is 0 Å². The second-order valence-corrected chi connectivity index (χ2v) is 7.06. The molecule has 0 aliphatic carbocycles. The maximum Gasteiger partial charge on any atom is 0.145 e. The quantitative estimate of drug-likeness (QED) is 0.837. The van der Waals surface area contributed by atoms with Crippen LogP contribution in [0.1, 0.15) is 24.2 Å². The number of rotatable bonds is 4. The van der Waals surface area contributed by atoms with Crippen molar-refractivity contribution in [2.24, 2.45) is 0 Å². The number of nitrogens with zero attached hydrogens (tertiary/aromatic N) is 6. The number of aryl methyl sites for hydroxylation is 1. The van der Waals surface area contributed by atoms with Crippen LogP contribution in [0.15, 0.2) is 24.5 Å². The summed E-state index contributed by atoms with van der Waals surface area (Å²) in [6.45, 7) is 8.33. The second kappa shape index (κ2) is 7.53. The molecule has 2 aliphatic rings. The minimum Gasteiger partial charge on any atom is -0.356 e. The van der Waals surface area contributed by atoms with Crippen molar-refractivity contribution in [2.45, 2.75) is 26.3 Å². The molecule has 0 amide bonds. The van der Waals surface area contributed by atoms with Gasteiger partial charge in [0, 0.05) is 63.6 Å². The van der Waals surface area contributed by atoms with E-state index in [9.17, 15) is 4.39 Å². The van der Waals surface area contributed by atoms with Crippen molar-refractivity contribution >= 4 is 11.6 Å². The number of hydrogen-bond donors (Lipinski definition) is 0. The SMILES string of the molecule is Cc1nc(N2CCCC2)cc(N2CCN(Cc3ccncc3F)CC2)n1. The Labute approximate surface area is 153 Å². The van der Waals surface area contributed by atoms with Gasteiger partial charge >= 0.3 is 0 Å². The van der Waals surface area contributed by atoms with Crippen molar-refractivity contribution in [1.82, 2.24) is 19.9 Å². The topological polar surface area (TPSA) is 48.4 Å². The van der Waals surface area contributed by atoms with Gasteiger partial charge < -0.3 is 9.80 Å². The zero-order chi connectivity index (χ0) is 17.9. The third kappa shape index (κ3) is 3.77. The maximum absolute atomic E-state index is 13.8. The molecule has 4 heterocycles. The molecule has 2 aliphatic heterocycles. The summed E-state index contributed by atoms with van der Waals surface area (Å²) in [5.41, 5.74) is 0.711. The van der Waals surface area contributed by atoms with Crippen LogP contribution < -0.4 is 9.80 Å². The van der Waals surface area contributed by atoms with Crippen LogP contribution in [0.3, 0.4) is 0 Å². The first-order valence-corrected chi connectivity index (χ1v) is 9.35. The standard InChI is InChI=1S/C19H25FN6/c1-15-22-18(25-6-2-3-7-25)12-19(23-15)26-10-8-24(9-11-26)14-16-4-5-21-13-17(16)20/h4-5,12-13H,2-3,6-11,14H2,1H3. The van der Waals surface area contributed by atoms with E-state index in [-0.39, 0.29) is 5.82 Å². The Morgan fingerprint density at radius 2 is 1.62 bits per heavy atom. The van der Waals surface area contributed by atoms with Crippen LogP contribution in [0.5, 0.6) is 0 Å². The van der Waals surface area contributed by atoms with E-state index in [1.807, 2.05) is 6.92 Å². The van der Waals surface area contributed by atoms with Gasteiger partial charge in [0.2, 0.25) is 0 Å². The molecular weight excluding hydrogens is 331 g/mol. The zero-order valence-electron chi connectivity index (χ0n) is 15.2. The fourth-order valence-corrected chi connectivity index (χ4v) is 3.72. The van der Waals surface area contributed by atoms with Gasteiger partial charge in [0.05, 0.1) is 6.20 Å². The fourth-order valence-electron chi connectivity index (χ4n) is 3.72. The number of anilines is 2. The van der Waals surface area contributed by atoms with Crippen molar-refractivity contribution in [3.63, 3.8) is 0 Å². The molecule has 0 radical (unpaired) electrons. The highest BCUT2D eigenvalue weighted by Crippen LogP contribution is 2.23. The molecule has 26 heavy (non-hydrogen) atoms. The van der Waals surface area contributed by atoms with Crippen LogP contribution in [0, 0.1) is 12.7 Å². The highest BCUT2D eigenvalue weighted by Gasteiger charge is 2.21. The number of aromatic nitrogens is 3. The Morgan fingerprint density at radius 3 is 2.27 bits per heavy atom. The lowest BCUT2D eigenvalue weighted by Gasteiger charge is -2.35. The first-order chi connectivity index (χ1) is 12.7. The molecule has 2 aromatic rings. The Balaban J connectivity index is 1.41. The van der Waals surface area contributed by atoms with Crippen LogP contribution in [0.2, 0.25) is 0 Å². The van der Waals surface area contributed by atoms with Gasteiger partial charge in [-0.25, -0.2) is 14.4 Å². The third-order valence-corrected chi connectivity index (χ3v) is 5.19. The van der Waals surface area contributed by atoms with Crippen LogP contribution in [0.4, 0.5) is 16.0 Å². The lowest BCUT2D eigenvalue weighted by Crippen LogP contribution is -2.46. The van der Waals surface area contributed by atoms with Crippen molar-refractivity contribution in [3.05, 3.63) is 41.7 Å². The highest BCUT2D eigenvalue weighted by atomic mass is 19.1. The van der Waals surface area contributed by atoms with Gasteiger partial charge in [-0.05, 0) is 25.8 Å².